The summed E-state index contributed by atoms with van der Waals surface area (Å²) in [4.78, 5) is 11.0. The fourth-order valence-electron chi connectivity index (χ4n) is 8.37. The van der Waals surface area contributed by atoms with E-state index in [-0.39, 0.29) is 6.10 Å². The number of fused-ring (bicyclic) bond motifs is 3. The van der Waals surface area contributed by atoms with Crippen molar-refractivity contribution in [1.82, 2.24) is 0 Å². The Hall–Kier alpha value is -0.790. The maximum absolute atomic E-state index is 11.0. The largest absolute Gasteiger partial charge is 0.464 e. The summed E-state index contributed by atoms with van der Waals surface area (Å²) >= 11 is 0. The van der Waals surface area contributed by atoms with Crippen molar-refractivity contribution in [2.75, 3.05) is 0 Å². The van der Waals surface area contributed by atoms with Crippen LogP contribution >= 0.6 is 0 Å². The van der Waals surface area contributed by atoms with Crippen LogP contribution < -0.4 is 0 Å². The predicted octanol–water partition coefficient (Wildman–Crippen LogP) is 8.60. The molecule has 7 unspecified atom stereocenters. The predicted molar refractivity (Wildman–Crippen MR) is 135 cm³/mol. The fraction of sp³-hybridized carbons (Fsp3) is 0.900. The molecular formula is C30H52O2. The molecule has 3 rings (SSSR count). The molecule has 0 bridgehead atoms. The van der Waals surface area contributed by atoms with Crippen LogP contribution in [0.3, 0.4) is 0 Å². The highest BCUT2D eigenvalue weighted by Gasteiger charge is 2.53. The van der Waals surface area contributed by atoms with Gasteiger partial charge in [-0.25, -0.2) is 0 Å². The van der Waals surface area contributed by atoms with Crippen molar-refractivity contribution in [3.8, 4) is 0 Å². The van der Waals surface area contributed by atoms with Crippen LogP contribution in [-0.4, -0.2) is 12.6 Å². The van der Waals surface area contributed by atoms with E-state index < -0.39 is 0 Å². The molecule has 0 N–H and O–H groups in total. The third kappa shape index (κ3) is 6.01. The Morgan fingerprint density at radius 1 is 1.09 bits per heavy atom. The van der Waals surface area contributed by atoms with Crippen LogP contribution in [0.15, 0.2) is 11.6 Å². The van der Waals surface area contributed by atoms with E-state index in [1.165, 1.54) is 69.8 Å². The van der Waals surface area contributed by atoms with Crippen LogP contribution in [0.25, 0.3) is 0 Å². The first-order valence-corrected chi connectivity index (χ1v) is 14.0. The molecule has 3 aliphatic carbocycles. The first-order chi connectivity index (χ1) is 15.3. The molecule has 0 radical (unpaired) electrons. The van der Waals surface area contributed by atoms with Crippen molar-refractivity contribution >= 4 is 6.47 Å². The van der Waals surface area contributed by atoms with Gasteiger partial charge in [-0.1, -0.05) is 72.0 Å². The van der Waals surface area contributed by atoms with Crippen LogP contribution in [0.4, 0.5) is 0 Å². The number of hydrogen-bond donors (Lipinski definition) is 0. The third-order valence-corrected chi connectivity index (χ3v) is 10.1. The molecule has 2 nitrogen and oxygen atoms in total. The number of hydrogen-bond acceptors (Lipinski definition) is 2. The number of allylic oxidation sites excluding steroid dienone is 1. The van der Waals surface area contributed by atoms with Gasteiger partial charge in [-0.3, -0.25) is 4.79 Å². The molecule has 0 aromatic carbocycles. The lowest BCUT2D eigenvalue weighted by Gasteiger charge is -2.44. The highest BCUT2D eigenvalue weighted by Crippen LogP contribution is 2.61. The molecule has 2 heteroatoms. The Bertz CT molecular complexity index is 622. The van der Waals surface area contributed by atoms with Gasteiger partial charge in [0.25, 0.3) is 6.47 Å². The van der Waals surface area contributed by atoms with E-state index in [9.17, 15) is 4.79 Å². The van der Waals surface area contributed by atoms with Crippen LogP contribution in [-0.2, 0) is 9.53 Å². The van der Waals surface area contributed by atoms with Crippen molar-refractivity contribution in [2.24, 2.45) is 46.8 Å². The molecule has 184 valence electrons. The zero-order valence-corrected chi connectivity index (χ0v) is 22.1. The van der Waals surface area contributed by atoms with E-state index in [1.54, 1.807) is 0 Å². The molecule has 32 heavy (non-hydrogen) atoms. The summed E-state index contributed by atoms with van der Waals surface area (Å²) in [5.74, 6) is 5.91. The lowest BCUT2D eigenvalue weighted by atomic mass is 9.61. The van der Waals surface area contributed by atoms with E-state index in [1.807, 2.05) is 0 Å². The Morgan fingerprint density at radius 2 is 1.88 bits per heavy atom. The van der Waals surface area contributed by atoms with E-state index in [2.05, 4.69) is 47.6 Å². The quantitative estimate of drug-likeness (QED) is 0.290. The Balaban J connectivity index is 1.79. The topological polar surface area (TPSA) is 26.3 Å². The molecule has 0 heterocycles. The minimum absolute atomic E-state index is 0.0707. The van der Waals surface area contributed by atoms with Crippen molar-refractivity contribution in [1.29, 1.82) is 0 Å². The van der Waals surface area contributed by atoms with Crippen LogP contribution in [0, 0.1) is 46.8 Å². The molecule has 0 saturated heterocycles. The second-order valence-electron chi connectivity index (χ2n) is 12.7. The van der Waals surface area contributed by atoms with Crippen molar-refractivity contribution < 1.29 is 9.53 Å². The zero-order valence-electron chi connectivity index (χ0n) is 22.1. The molecular weight excluding hydrogens is 392 g/mol. The summed E-state index contributed by atoms with van der Waals surface area (Å²) in [5, 5.41) is 0. The Labute approximate surface area is 199 Å². The van der Waals surface area contributed by atoms with Gasteiger partial charge >= 0.3 is 0 Å². The minimum atomic E-state index is 0.0707. The summed E-state index contributed by atoms with van der Waals surface area (Å²) in [6.07, 6.45) is 18.4. The smallest absolute Gasteiger partial charge is 0.293 e. The Kier molecular flexibility index (Phi) is 9.33. The molecule has 2 saturated carbocycles. The van der Waals surface area contributed by atoms with E-state index in [0.717, 1.165) is 54.3 Å². The van der Waals surface area contributed by atoms with Gasteiger partial charge in [0.05, 0.1) is 0 Å². The van der Waals surface area contributed by atoms with Gasteiger partial charge in [0.1, 0.15) is 6.10 Å². The molecule has 3 aliphatic rings. The SMILES string of the molecule is C/C1=C\CC2C(CCCC3(C)C2CCC3[C@H](C)CCCC(C)C)C(C)CCC(OC=O)C1. The van der Waals surface area contributed by atoms with Gasteiger partial charge in [-0.2, -0.15) is 0 Å². The van der Waals surface area contributed by atoms with Crippen LogP contribution in [0.1, 0.15) is 119 Å². The summed E-state index contributed by atoms with van der Waals surface area (Å²) in [6, 6.07) is 0. The van der Waals surface area contributed by atoms with Crippen molar-refractivity contribution in [2.45, 2.75) is 125 Å². The van der Waals surface area contributed by atoms with E-state index >= 15 is 0 Å². The average Bonchev–Trinajstić information content (AvgIpc) is 2.99. The zero-order chi connectivity index (χ0) is 23.3. The fourth-order valence-corrected chi connectivity index (χ4v) is 8.37. The first kappa shape index (κ1) is 25.8. The molecule has 0 aromatic rings. The van der Waals surface area contributed by atoms with Gasteiger partial charge in [0.15, 0.2) is 0 Å². The third-order valence-electron chi connectivity index (χ3n) is 10.1. The maximum atomic E-state index is 11.0. The second-order valence-corrected chi connectivity index (χ2v) is 12.7. The van der Waals surface area contributed by atoms with Crippen molar-refractivity contribution in [3.05, 3.63) is 11.6 Å². The first-order valence-electron chi connectivity index (χ1n) is 14.0. The molecule has 0 aromatic heterocycles. The van der Waals surface area contributed by atoms with Gasteiger partial charge in [-0.05, 0) is 98.7 Å². The van der Waals surface area contributed by atoms with E-state index in [0.29, 0.717) is 11.9 Å². The lowest BCUT2D eigenvalue weighted by molar-refractivity contribution is -0.134. The summed E-state index contributed by atoms with van der Waals surface area (Å²) in [6.45, 7) is 15.4. The maximum Gasteiger partial charge on any atom is 0.293 e. The van der Waals surface area contributed by atoms with Gasteiger partial charge in [0.2, 0.25) is 0 Å². The Morgan fingerprint density at radius 3 is 2.59 bits per heavy atom. The van der Waals surface area contributed by atoms with Crippen molar-refractivity contribution in [3.63, 3.8) is 0 Å². The summed E-state index contributed by atoms with van der Waals surface area (Å²) in [5.41, 5.74) is 1.96. The number of carbonyl (C=O) groups excluding carboxylic acids is 1. The number of carbonyl (C=O) groups is 1. The highest BCUT2D eigenvalue weighted by atomic mass is 16.5. The summed E-state index contributed by atoms with van der Waals surface area (Å²) < 4.78 is 5.45. The second kappa shape index (κ2) is 11.6. The van der Waals surface area contributed by atoms with E-state index in [4.69, 9.17) is 4.74 Å². The highest BCUT2D eigenvalue weighted by molar-refractivity contribution is 5.37. The molecule has 0 amide bonds. The monoisotopic (exact) mass is 444 g/mol. The number of rotatable bonds is 7. The summed E-state index contributed by atoms with van der Waals surface area (Å²) in [7, 11) is 0. The van der Waals surface area contributed by atoms with Gasteiger partial charge in [-0.15, -0.1) is 0 Å². The standard InChI is InChI=1S/C30H52O2/c1-21(2)9-7-10-24(5)28-16-17-29-27-15-12-22(3)19-25(32-20-31)14-13-23(4)26(27)11-8-18-30(28,29)6/h12,20-21,23-29H,7-11,13-19H2,1-6H3/b22-12+/t23?,24-,25?,26?,27?,28?,29?,30?/m1/s1. The molecule has 0 spiro atoms. The number of ether oxygens (including phenoxy) is 1. The molecule has 0 aliphatic heterocycles. The van der Waals surface area contributed by atoms with Gasteiger partial charge < -0.3 is 4.74 Å². The van der Waals surface area contributed by atoms with Gasteiger partial charge in [0, 0.05) is 6.42 Å². The minimum Gasteiger partial charge on any atom is -0.464 e. The van der Waals surface area contributed by atoms with Crippen LogP contribution in [0.5, 0.6) is 0 Å². The molecule has 2 fully saturated rings. The average molecular weight is 445 g/mol. The van der Waals surface area contributed by atoms with Crippen LogP contribution in [0.2, 0.25) is 0 Å². The normalized spacial score (nSPS) is 41.0. The molecule has 8 atom stereocenters. The lowest BCUT2D eigenvalue weighted by Crippen LogP contribution is -2.37.